The first-order valence-electron chi connectivity index (χ1n) is 12.1. The maximum atomic E-state index is 11.9. The number of carbonyl (C=O) groups excluding carboxylic acids is 1. The fourth-order valence-electron chi connectivity index (χ4n) is 2.81. The van der Waals surface area contributed by atoms with Gasteiger partial charge in [-0.1, -0.05) is 60.8 Å². The van der Waals surface area contributed by atoms with E-state index in [1.54, 1.807) is 0 Å². The average molecular weight is 489 g/mol. The van der Waals surface area contributed by atoms with Gasteiger partial charge >= 0.3 is 5.97 Å². The van der Waals surface area contributed by atoms with Crippen LogP contribution in [0.4, 0.5) is 0 Å². The van der Waals surface area contributed by atoms with Crippen LogP contribution in [-0.4, -0.2) is 53.1 Å². The van der Waals surface area contributed by atoms with Crippen LogP contribution in [0.5, 0.6) is 0 Å². The summed E-state index contributed by atoms with van der Waals surface area (Å²) in [6.45, 7) is 24.2. The molecular weight excluding hydrogens is 436 g/mol. The van der Waals surface area contributed by atoms with Gasteiger partial charge in [-0.15, -0.1) is 0 Å². The molecule has 7 heteroatoms. The van der Waals surface area contributed by atoms with Crippen molar-refractivity contribution in [2.45, 2.75) is 135 Å². The normalized spacial score (nSPS) is 16.8. The second-order valence-electron chi connectivity index (χ2n) is 12.1. The molecule has 3 atom stereocenters. The fraction of sp³-hybridized carbons (Fsp3) is 0.880. The minimum absolute atomic E-state index is 0.0448. The third kappa shape index (κ3) is 11.1. The number of rotatable bonds is 13. The summed E-state index contributed by atoms with van der Waals surface area (Å²) in [5.74, 6) is -0.378. The van der Waals surface area contributed by atoms with E-state index in [0.29, 0.717) is 0 Å². The molecule has 0 aliphatic heterocycles. The summed E-state index contributed by atoms with van der Waals surface area (Å²) >= 11 is 0. The van der Waals surface area contributed by atoms with Crippen LogP contribution in [0.1, 0.15) is 80.6 Å². The number of hydrogen-bond donors (Lipinski definition) is 1. The van der Waals surface area contributed by atoms with Gasteiger partial charge in [0.15, 0.2) is 16.6 Å². The highest BCUT2D eigenvalue weighted by molar-refractivity contribution is 6.74. The van der Waals surface area contributed by atoms with E-state index in [1.807, 2.05) is 13.0 Å². The van der Waals surface area contributed by atoms with Crippen molar-refractivity contribution < 1.29 is 23.5 Å². The lowest BCUT2D eigenvalue weighted by Crippen LogP contribution is -2.51. The van der Waals surface area contributed by atoms with Crippen LogP contribution in [0.2, 0.25) is 36.3 Å². The van der Waals surface area contributed by atoms with Gasteiger partial charge in [0.2, 0.25) is 0 Å². The largest absolute Gasteiger partial charge is 0.466 e. The van der Waals surface area contributed by atoms with E-state index in [-0.39, 0.29) is 34.4 Å². The number of aliphatic hydroxyl groups excluding tert-OH is 1. The highest BCUT2D eigenvalue weighted by Gasteiger charge is 2.44. The van der Waals surface area contributed by atoms with Gasteiger partial charge in [-0.25, -0.2) is 4.79 Å². The summed E-state index contributed by atoms with van der Waals surface area (Å²) in [7, 11) is -2.77. The van der Waals surface area contributed by atoms with Crippen molar-refractivity contribution in [3.8, 4) is 0 Å². The molecule has 0 aliphatic carbocycles. The molecule has 5 nitrogen and oxygen atoms in total. The van der Waals surface area contributed by atoms with Crippen molar-refractivity contribution in [2.75, 3.05) is 7.11 Å². The van der Waals surface area contributed by atoms with Crippen molar-refractivity contribution in [1.82, 2.24) is 0 Å². The molecule has 0 bridgehead atoms. The second-order valence-corrected chi connectivity index (χ2v) is 21.6. The number of hydrogen-bond acceptors (Lipinski definition) is 5. The Morgan fingerprint density at radius 2 is 1.34 bits per heavy atom. The number of unbranched alkanes of at least 4 members (excludes halogenated alkanes) is 2. The number of methoxy groups -OCH3 is 1. The van der Waals surface area contributed by atoms with Crippen LogP contribution >= 0.6 is 0 Å². The standard InChI is InChI=1S/C25H52O5Si2/c1-20(26)16-14-13-15-17-21(29-31(9,10)24(2,3)4)22(18-19-23(27)28-8)30-32(11,12)25(5,6)7/h18-22,26H,13-17H2,1-12H3/b19-18+/t20-,21+,22-/m1/s1. The molecule has 0 aromatic carbocycles. The highest BCUT2D eigenvalue weighted by Crippen LogP contribution is 2.41. The Morgan fingerprint density at radius 3 is 1.78 bits per heavy atom. The molecule has 0 aliphatic rings. The quantitative estimate of drug-likeness (QED) is 0.133. The van der Waals surface area contributed by atoms with E-state index in [2.05, 4.69) is 67.7 Å². The maximum Gasteiger partial charge on any atom is 0.330 e. The lowest BCUT2D eigenvalue weighted by Gasteiger charge is -2.44. The zero-order valence-corrected chi connectivity index (χ0v) is 25.0. The van der Waals surface area contributed by atoms with Crippen LogP contribution in [0.3, 0.4) is 0 Å². The Bertz CT molecular complexity index is 586. The number of aliphatic hydroxyl groups is 1. The summed E-state index contributed by atoms with van der Waals surface area (Å²) in [6, 6.07) is 0. The van der Waals surface area contributed by atoms with Crippen LogP contribution in [0.25, 0.3) is 0 Å². The molecule has 0 fully saturated rings. The summed E-state index contributed by atoms with van der Waals surface area (Å²) in [5, 5.41) is 9.67. The van der Waals surface area contributed by atoms with Crippen LogP contribution in [0, 0.1) is 0 Å². The first-order chi connectivity index (χ1) is 14.3. The molecule has 0 radical (unpaired) electrons. The monoisotopic (exact) mass is 488 g/mol. The Balaban J connectivity index is 5.89. The third-order valence-corrected chi connectivity index (χ3v) is 16.1. The smallest absolute Gasteiger partial charge is 0.330 e. The van der Waals surface area contributed by atoms with E-state index in [1.165, 1.54) is 13.2 Å². The molecule has 1 N–H and O–H groups in total. The van der Waals surface area contributed by atoms with Gasteiger partial charge in [0.05, 0.1) is 25.4 Å². The summed E-state index contributed by atoms with van der Waals surface area (Å²) in [5.41, 5.74) is 0. The molecule has 32 heavy (non-hydrogen) atoms. The first-order valence-corrected chi connectivity index (χ1v) is 18.0. The molecule has 0 saturated carbocycles. The Kier molecular flexibility index (Phi) is 12.6. The SMILES string of the molecule is COC(=O)/C=C/[C@@H](O[Si](C)(C)C(C)(C)C)[C@H](CCCCC[C@@H](C)O)O[Si](C)(C)C(C)(C)C. The van der Waals surface area contributed by atoms with Gasteiger partial charge in [0, 0.05) is 6.08 Å². The zero-order valence-electron chi connectivity index (χ0n) is 23.0. The number of ether oxygens (including phenoxy) is 1. The maximum absolute atomic E-state index is 11.9. The molecule has 0 heterocycles. The van der Waals surface area contributed by atoms with Crippen molar-refractivity contribution in [3.63, 3.8) is 0 Å². The van der Waals surface area contributed by atoms with Gasteiger partial charge in [-0.3, -0.25) is 0 Å². The topological polar surface area (TPSA) is 65.0 Å². The molecule has 0 spiro atoms. The summed E-state index contributed by atoms with van der Waals surface area (Å²) in [4.78, 5) is 11.9. The van der Waals surface area contributed by atoms with E-state index >= 15 is 0 Å². The predicted octanol–water partition coefficient (Wildman–Crippen LogP) is 6.83. The van der Waals surface area contributed by atoms with Crippen molar-refractivity contribution in [1.29, 1.82) is 0 Å². The van der Waals surface area contributed by atoms with Gasteiger partial charge in [-0.05, 0) is 62.1 Å². The van der Waals surface area contributed by atoms with Crippen molar-refractivity contribution in [3.05, 3.63) is 12.2 Å². The molecule has 0 aromatic heterocycles. The molecule has 0 rings (SSSR count). The van der Waals surface area contributed by atoms with Gasteiger partial charge < -0.3 is 18.7 Å². The summed E-state index contributed by atoms with van der Waals surface area (Å²) in [6.07, 6.45) is 7.34. The van der Waals surface area contributed by atoms with Crippen LogP contribution in [-0.2, 0) is 18.4 Å². The second kappa shape index (κ2) is 12.8. The van der Waals surface area contributed by atoms with Gasteiger partial charge in [0.25, 0.3) is 0 Å². The lowest BCUT2D eigenvalue weighted by atomic mass is 10.0. The molecule has 0 amide bonds. The molecule has 0 unspecified atom stereocenters. The predicted molar refractivity (Wildman–Crippen MR) is 140 cm³/mol. The minimum Gasteiger partial charge on any atom is -0.466 e. The van der Waals surface area contributed by atoms with Crippen LogP contribution < -0.4 is 0 Å². The van der Waals surface area contributed by atoms with Gasteiger partial charge in [-0.2, -0.15) is 0 Å². The van der Waals surface area contributed by atoms with Crippen LogP contribution in [0.15, 0.2) is 12.2 Å². The zero-order chi connectivity index (χ0) is 25.4. The lowest BCUT2D eigenvalue weighted by molar-refractivity contribution is -0.134. The molecule has 0 aromatic rings. The number of esters is 1. The van der Waals surface area contributed by atoms with Crippen molar-refractivity contribution >= 4 is 22.6 Å². The molecule has 190 valence electrons. The molecular formula is C25H52O5Si2. The minimum atomic E-state index is -2.10. The fourth-order valence-corrected chi connectivity index (χ4v) is 5.43. The highest BCUT2D eigenvalue weighted by atomic mass is 28.4. The van der Waals surface area contributed by atoms with E-state index in [4.69, 9.17) is 13.6 Å². The average Bonchev–Trinajstić information content (AvgIpc) is 2.61. The molecule has 0 saturated heterocycles. The number of carbonyl (C=O) groups is 1. The Hall–Kier alpha value is -0.476. The Morgan fingerprint density at radius 1 is 0.875 bits per heavy atom. The summed E-state index contributed by atoms with van der Waals surface area (Å²) < 4.78 is 18.6. The first kappa shape index (κ1) is 31.5. The van der Waals surface area contributed by atoms with Gasteiger partial charge in [0.1, 0.15) is 0 Å². The van der Waals surface area contributed by atoms with E-state index in [0.717, 1.165) is 32.1 Å². The van der Waals surface area contributed by atoms with Crippen molar-refractivity contribution in [2.24, 2.45) is 0 Å². The Labute approximate surface area is 200 Å². The third-order valence-electron chi connectivity index (χ3n) is 7.09. The van der Waals surface area contributed by atoms with E-state index in [9.17, 15) is 9.90 Å². The van der Waals surface area contributed by atoms with E-state index < -0.39 is 16.6 Å².